The third-order valence-corrected chi connectivity index (χ3v) is 5.88. The maximum Gasteiger partial charge on any atom is 0.123 e. The van der Waals surface area contributed by atoms with Crippen LogP contribution < -0.4 is 0 Å². The molecule has 2 aliphatic heterocycles. The first-order chi connectivity index (χ1) is 12.7. The molecule has 2 aliphatic rings. The average molecular weight is 355 g/mol. The lowest BCUT2D eigenvalue weighted by atomic mass is 9.83. The molecule has 0 unspecified atom stereocenters. The summed E-state index contributed by atoms with van der Waals surface area (Å²) < 4.78 is 14.0. The molecule has 5 heteroatoms. The molecule has 2 fully saturated rings. The van der Waals surface area contributed by atoms with Crippen LogP contribution in [-0.2, 0) is 22.6 Å². The highest BCUT2D eigenvalue weighted by Crippen LogP contribution is 2.36. The van der Waals surface area contributed by atoms with Gasteiger partial charge in [0.15, 0.2) is 0 Å². The van der Waals surface area contributed by atoms with Gasteiger partial charge in [0.1, 0.15) is 5.82 Å². The van der Waals surface area contributed by atoms with E-state index in [0.717, 1.165) is 64.4 Å². The number of ether oxygens (including phenoxy) is 2. The molecule has 0 aliphatic carbocycles. The van der Waals surface area contributed by atoms with Crippen LogP contribution in [0.15, 0.2) is 42.7 Å². The van der Waals surface area contributed by atoms with Gasteiger partial charge in [-0.15, -0.1) is 0 Å². The molecule has 140 valence electrons. The molecule has 2 saturated heterocycles. The van der Waals surface area contributed by atoms with E-state index in [1.165, 1.54) is 5.56 Å². The molecule has 2 aromatic rings. The number of hydrogen-bond donors (Lipinski definition) is 0. The Labute approximate surface area is 155 Å². The standard InChI is InChI=1S/C21H29N3O2/c1-23(19-7-12-26-21(15-19)8-13-25-14-9-21)17-20-22-10-11-24(20)16-18-5-3-2-4-6-18/h2-6,10-11,19H,7-9,12-17H2,1H3/t19-/m0/s1. The summed E-state index contributed by atoms with van der Waals surface area (Å²) in [5.74, 6) is 1.13. The molecule has 4 rings (SSSR count). The Kier molecular flexibility index (Phi) is 5.38. The summed E-state index contributed by atoms with van der Waals surface area (Å²) in [4.78, 5) is 7.08. The Balaban J connectivity index is 1.40. The van der Waals surface area contributed by atoms with Crippen molar-refractivity contribution in [2.45, 2.75) is 50.4 Å². The van der Waals surface area contributed by atoms with Crippen LogP contribution in [0.5, 0.6) is 0 Å². The molecule has 0 bridgehead atoms. The largest absolute Gasteiger partial charge is 0.381 e. The van der Waals surface area contributed by atoms with E-state index in [-0.39, 0.29) is 5.60 Å². The van der Waals surface area contributed by atoms with Crippen molar-refractivity contribution in [3.8, 4) is 0 Å². The fourth-order valence-electron chi connectivity index (χ4n) is 4.24. The van der Waals surface area contributed by atoms with Gasteiger partial charge in [0.05, 0.1) is 12.1 Å². The summed E-state index contributed by atoms with van der Waals surface area (Å²) in [7, 11) is 2.23. The number of rotatable bonds is 5. The van der Waals surface area contributed by atoms with Crippen molar-refractivity contribution in [3.63, 3.8) is 0 Å². The third-order valence-electron chi connectivity index (χ3n) is 5.88. The molecule has 1 spiro atoms. The first-order valence-electron chi connectivity index (χ1n) is 9.70. The van der Waals surface area contributed by atoms with E-state index in [1.807, 2.05) is 6.20 Å². The smallest absolute Gasteiger partial charge is 0.123 e. The SMILES string of the molecule is CN(Cc1nccn1Cc1ccccc1)[C@H]1CCOC2(CCOCC2)C1. The zero-order valence-corrected chi connectivity index (χ0v) is 15.6. The van der Waals surface area contributed by atoms with Gasteiger partial charge < -0.3 is 14.0 Å². The van der Waals surface area contributed by atoms with Crippen molar-refractivity contribution >= 4 is 0 Å². The van der Waals surface area contributed by atoms with Gasteiger partial charge in [-0.2, -0.15) is 0 Å². The quantitative estimate of drug-likeness (QED) is 0.826. The Bertz CT molecular complexity index is 689. The summed E-state index contributed by atoms with van der Waals surface area (Å²) >= 11 is 0. The van der Waals surface area contributed by atoms with Crippen LogP contribution in [0.4, 0.5) is 0 Å². The molecule has 3 heterocycles. The summed E-state index contributed by atoms with van der Waals surface area (Å²) in [6.45, 7) is 4.26. The number of benzene rings is 1. The summed E-state index contributed by atoms with van der Waals surface area (Å²) in [5.41, 5.74) is 1.34. The minimum absolute atomic E-state index is 0.0366. The number of imidazole rings is 1. The van der Waals surface area contributed by atoms with E-state index in [0.29, 0.717) is 6.04 Å². The van der Waals surface area contributed by atoms with Gasteiger partial charge >= 0.3 is 0 Å². The maximum atomic E-state index is 6.20. The minimum Gasteiger partial charge on any atom is -0.381 e. The van der Waals surface area contributed by atoms with E-state index in [1.54, 1.807) is 0 Å². The van der Waals surface area contributed by atoms with E-state index in [2.05, 4.69) is 58.0 Å². The van der Waals surface area contributed by atoms with Gasteiger partial charge in [-0.1, -0.05) is 30.3 Å². The molecule has 0 amide bonds. The number of nitrogens with zero attached hydrogens (tertiary/aromatic N) is 3. The Hall–Kier alpha value is -1.69. The topological polar surface area (TPSA) is 39.5 Å². The third kappa shape index (κ3) is 4.00. The lowest BCUT2D eigenvalue weighted by molar-refractivity contribution is -0.150. The molecule has 0 saturated carbocycles. The normalized spacial score (nSPS) is 22.8. The Morgan fingerprint density at radius 2 is 2.00 bits per heavy atom. The van der Waals surface area contributed by atoms with Crippen LogP contribution in [0, 0.1) is 0 Å². The molecule has 26 heavy (non-hydrogen) atoms. The lowest BCUT2D eigenvalue weighted by Gasteiger charge is -2.45. The molecule has 1 aromatic carbocycles. The molecular formula is C21H29N3O2. The van der Waals surface area contributed by atoms with Crippen molar-refractivity contribution in [3.05, 3.63) is 54.1 Å². The van der Waals surface area contributed by atoms with Crippen LogP contribution in [0.3, 0.4) is 0 Å². The summed E-state index contributed by atoms with van der Waals surface area (Å²) in [6, 6.07) is 11.1. The van der Waals surface area contributed by atoms with Gasteiger partial charge in [-0.25, -0.2) is 4.98 Å². The molecule has 1 atom stereocenters. The molecule has 5 nitrogen and oxygen atoms in total. The van der Waals surface area contributed by atoms with Crippen LogP contribution in [-0.4, -0.2) is 53.0 Å². The maximum absolute atomic E-state index is 6.20. The molecular weight excluding hydrogens is 326 g/mol. The number of aromatic nitrogens is 2. The molecule has 1 aromatic heterocycles. The first kappa shape index (κ1) is 17.7. The van der Waals surface area contributed by atoms with Gasteiger partial charge in [0.25, 0.3) is 0 Å². The Morgan fingerprint density at radius 3 is 2.81 bits per heavy atom. The monoisotopic (exact) mass is 355 g/mol. The van der Waals surface area contributed by atoms with E-state index in [4.69, 9.17) is 9.47 Å². The highest BCUT2D eigenvalue weighted by molar-refractivity contribution is 5.15. The van der Waals surface area contributed by atoms with Crippen molar-refractivity contribution in [2.75, 3.05) is 26.9 Å². The zero-order chi connectivity index (χ0) is 17.8. The zero-order valence-electron chi connectivity index (χ0n) is 15.6. The molecule has 0 radical (unpaired) electrons. The second-order valence-electron chi connectivity index (χ2n) is 7.66. The van der Waals surface area contributed by atoms with Crippen LogP contribution >= 0.6 is 0 Å². The average Bonchev–Trinajstić information content (AvgIpc) is 3.10. The second-order valence-corrected chi connectivity index (χ2v) is 7.66. The highest BCUT2D eigenvalue weighted by Gasteiger charge is 2.40. The van der Waals surface area contributed by atoms with E-state index in [9.17, 15) is 0 Å². The van der Waals surface area contributed by atoms with E-state index < -0.39 is 0 Å². The fourth-order valence-corrected chi connectivity index (χ4v) is 4.24. The van der Waals surface area contributed by atoms with E-state index >= 15 is 0 Å². The van der Waals surface area contributed by atoms with Gasteiger partial charge in [-0.05, 0) is 38.3 Å². The predicted octanol–water partition coefficient (Wildman–Crippen LogP) is 3.09. The van der Waals surface area contributed by atoms with Crippen molar-refractivity contribution in [2.24, 2.45) is 0 Å². The van der Waals surface area contributed by atoms with Crippen LogP contribution in [0.1, 0.15) is 37.1 Å². The van der Waals surface area contributed by atoms with Gasteiger partial charge in [0.2, 0.25) is 0 Å². The van der Waals surface area contributed by atoms with Crippen LogP contribution in [0.2, 0.25) is 0 Å². The molecule has 0 N–H and O–H groups in total. The number of hydrogen-bond acceptors (Lipinski definition) is 4. The minimum atomic E-state index is 0.0366. The summed E-state index contributed by atoms with van der Waals surface area (Å²) in [5, 5.41) is 0. The highest BCUT2D eigenvalue weighted by atomic mass is 16.5. The van der Waals surface area contributed by atoms with Gasteiger partial charge in [0, 0.05) is 44.8 Å². The summed E-state index contributed by atoms with van der Waals surface area (Å²) in [6.07, 6.45) is 8.25. The second kappa shape index (κ2) is 7.91. The predicted molar refractivity (Wildman–Crippen MR) is 101 cm³/mol. The van der Waals surface area contributed by atoms with Crippen molar-refractivity contribution in [1.29, 1.82) is 0 Å². The van der Waals surface area contributed by atoms with Crippen molar-refractivity contribution < 1.29 is 9.47 Å². The Morgan fingerprint density at radius 1 is 1.19 bits per heavy atom. The van der Waals surface area contributed by atoms with Crippen molar-refractivity contribution in [1.82, 2.24) is 14.5 Å². The fraction of sp³-hybridized carbons (Fsp3) is 0.571. The lowest BCUT2D eigenvalue weighted by Crippen LogP contribution is -2.50. The van der Waals surface area contributed by atoms with Gasteiger partial charge in [-0.3, -0.25) is 4.90 Å². The van der Waals surface area contributed by atoms with Crippen LogP contribution in [0.25, 0.3) is 0 Å². The first-order valence-corrected chi connectivity index (χ1v) is 9.70.